The van der Waals surface area contributed by atoms with Crippen molar-refractivity contribution in [3.8, 4) is 17.6 Å². The van der Waals surface area contributed by atoms with Gasteiger partial charge in [0.05, 0.1) is 24.8 Å². The third-order valence-corrected chi connectivity index (χ3v) is 1.74. The van der Waals surface area contributed by atoms with Gasteiger partial charge in [-0.15, -0.1) is 0 Å². The molecule has 80 valence electrons. The molecule has 1 N–H and O–H groups in total. The molecule has 0 aliphatic heterocycles. The van der Waals surface area contributed by atoms with Gasteiger partial charge in [0.25, 0.3) is 0 Å². The summed E-state index contributed by atoms with van der Waals surface area (Å²) < 4.78 is 10.3. The van der Waals surface area contributed by atoms with E-state index in [0.29, 0.717) is 17.1 Å². The van der Waals surface area contributed by atoms with Crippen LogP contribution in [0.2, 0.25) is 0 Å². The summed E-state index contributed by atoms with van der Waals surface area (Å²) in [5.41, 5.74) is 0.468. The second-order valence-electron chi connectivity index (χ2n) is 3.17. The zero-order valence-electron chi connectivity index (χ0n) is 8.73. The Morgan fingerprint density at radius 2 is 2.07 bits per heavy atom. The Balaban J connectivity index is 2.83. The van der Waals surface area contributed by atoms with Crippen LogP contribution in [0.25, 0.3) is 0 Å². The third kappa shape index (κ3) is 3.49. The molecular formula is C11H13NO3. The van der Waals surface area contributed by atoms with Crippen molar-refractivity contribution in [2.45, 2.75) is 13.0 Å². The SMILES string of the molecule is COc1cc(C#N)cc(OCC(C)O)c1. The van der Waals surface area contributed by atoms with Gasteiger partial charge >= 0.3 is 0 Å². The molecular weight excluding hydrogens is 194 g/mol. The summed E-state index contributed by atoms with van der Waals surface area (Å²) in [6, 6.07) is 6.90. The monoisotopic (exact) mass is 207 g/mol. The molecule has 0 spiro atoms. The second-order valence-corrected chi connectivity index (χ2v) is 3.17. The maximum absolute atomic E-state index is 9.05. The minimum Gasteiger partial charge on any atom is -0.497 e. The molecule has 4 nitrogen and oxygen atoms in total. The molecule has 1 aromatic carbocycles. The van der Waals surface area contributed by atoms with Gasteiger partial charge in [0.1, 0.15) is 18.1 Å². The fourth-order valence-corrected chi connectivity index (χ4v) is 1.05. The molecule has 0 fully saturated rings. The first-order valence-electron chi connectivity index (χ1n) is 4.55. The number of methoxy groups -OCH3 is 1. The molecule has 1 aromatic rings. The molecule has 0 saturated carbocycles. The summed E-state index contributed by atoms with van der Waals surface area (Å²) in [7, 11) is 1.52. The molecule has 0 heterocycles. The lowest BCUT2D eigenvalue weighted by Crippen LogP contribution is -2.12. The van der Waals surface area contributed by atoms with Gasteiger partial charge in [-0.2, -0.15) is 5.26 Å². The lowest BCUT2D eigenvalue weighted by atomic mass is 10.2. The minimum absolute atomic E-state index is 0.192. The second kappa shape index (κ2) is 5.23. The first kappa shape index (κ1) is 11.3. The van der Waals surface area contributed by atoms with Crippen LogP contribution in [-0.2, 0) is 0 Å². The predicted molar refractivity (Wildman–Crippen MR) is 54.9 cm³/mol. The van der Waals surface area contributed by atoms with Crippen LogP contribution in [0.15, 0.2) is 18.2 Å². The fourth-order valence-electron chi connectivity index (χ4n) is 1.05. The lowest BCUT2D eigenvalue weighted by Gasteiger charge is -2.09. The van der Waals surface area contributed by atoms with Gasteiger partial charge in [-0.1, -0.05) is 0 Å². The Bertz CT molecular complexity index is 369. The summed E-state index contributed by atoms with van der Waals surface area (Å²) in [6.45, 7) is 1.82. The summed E-state index contributed by atoms with van der Waals surface area (Å²) in [6.07, 6.45) is -0.540. The van der Waals surface area contributed by atoms with Crippen molar-refractivity contribution in [2.24, 2.45) is 0 Å². The van der Waals surface area contributed by atoms with E-state index in [1.807, 2.05) is 6.07 Å². The highest BCUT2D eigenvalue weighted by molar-refractivity contribution is 5.43. The Hall–Kier alpha value is -1.73. The number of hydrogen-bond donors (Lipinski definition) is 1. The van der Waals surface area contributed by atoms with Gasteiger partial charge in [0.2, 0.25) is 0 Å². The van der Waals surface area contributed by atoms with Crippen molar-refractivity contribution in [1.82, 2.24) is 0 Å². The van der Waals surface area contributed by atoms with E-state index in [0.717, 1.165) is 0 Å². The third-order valence-electron chi connectivity index (χ3n) is 1.74. The van der Waals surface area contributed by atoms with E-state index in [1.165, 1.54) is 7.11 Å². The normalized spacial score (nSPS) is 11.6. The van der Waals surface area contributed by atoms with Crippen LogP contribution in [0.4, 0.5) is 0 Å². The Labute approximate surface area is 88.7 Å². The van der Waals surface area contributed by atoms with Crippen molar-refractivity contribution in [3.63, 3.8) is 0 Å². The van der Waals surface area contributed by atoms with Gasteiger partial charge in [-0.25, -0.2) is 0 Å². The standard InChI is InChI=1S/C11H13NO3/c1-8(13)7-15-11-4-9(6-12)3-10(5-11)14-2/h3-5,8,13H,7H2,1-2H3. The molecule has 4 heteroatoms. The van der Waals surface area contributed by atoms with Crippen LogP contribution >= 0.6 is 0 Å². The quantitative estimate of drug-likeness (QED) is 0.809. The largest absolute Gasteiger partial charge is 0.497 e. The molecule has 0 bridgehead atoms. The maximum atomic E-state index is 9.05. The Kier molecular flexibility index (Phi) is 3.95. The van der Waals surface area contributed by atoms with Crippen LogP contribution in [-0.4, -0.2) is 24.9 Å². The van der Waals surface area contributed by atoms with Gasteiger partial charge in [0, 0.05) is 6.07 Å². The van der Waals surface area contributed by atoms with Gasteiger partial charge in [-0.3, -0.25) is 0 Å². The first-order chi connectivity index (χ1) is 7.15. The predicted octanol–water partition coefficient (Wildman–Crippen LogP) is 1.33. The first-order valence-corrected chi connectivity index (χ1v) is 4.55. The van der Waals surface area contributed by atoms with Gasteiger partial charge in [-0.05, 0) is 19.1 Å². The molecule has 0 amide bonds. The topological polar surface area (TPSA) is 62.5 Å². The van der Waals surface area contributed by atoms with E-state index >= 15 is 0 Å². The van der Waals surface area contributed by atoms with Crippen molar-refractivity contribution in [1.29, 1.82) is 5.26 Å². The van der Waals surface area contributed by atoms with Crippen molar-refractivity contribution < 1.29 is 14.6 Å². The molecule has 15 heavy (non-hydrogen) atoms. The Morgan fingerprint density at radius 1 is 1.40 bits per heavy atom. The van der Waals surface area contributed by atoms with Gasteiger partial charge < -0.3 is 14.6 Å². The number of nitrogens with zero attached hydrogens (tertiary/aromatic N) is 1. The molecule has 0 aliphatic rings. The van der Waals surface area contributed by atoms with E-state index in [4.69, 9.17) is 19.8 Å². The number of hydrogen-bond acceptors (Lipinski definition) is 4. The van der Waals surface area contributed by atoms with E-state index in [9.17, 15) is 0 Å². The minimum atomic E-state index is -0.540. The maximum Gasteiger partial charge on any atom is 0.124 e. The molecule has 0 aromatic heterocycles. The molecule has 0 aliphatic carbocycles. The smallest absolute Gasteiger partial charge is 0.124 e. The van der Waals surface area contributed by atoms with Crippen molar-refractivity contribution in [2.75, 3.05) is 13.7 Å². The summed E-state index contributed by atoms with van der Waals surface area (Å²) >= 11 is 0. The highest BCUT2D eigenvalue weighted by atomic mass is 16.5. The van der Waals surface area contributed by atoms with Crippen LogP contribution in [0.3, 0.4) is 0 Å². The zero-order chi connectivity index (χ0) is 11.3. The summed E-state index contributed by atoms with van der Waals surface area (Å²) in [5, 5.41) is 17.8. The number of aliphatic hydroxyl groups is 1. The summed E-state index contributed by atoms with van der Waals surface area (Å²) in [4.78, 5) is 0. The Morgan fingerprint density at radius 3 is 2.60 bits per heavy atom. The highest BCUT2D eigenvalue weighted by Gasteiger charge is 2.03. The zero-order valence-corrected chi connectivity index (χ0v) is 8.73. The fraction of sp³-hybridized carbons (Fsp3) is 0.364. The number of benzene rings is 1. The highest BCUT2D eigenvalue weighted by Crippen LogP contribution is 2.22. The average Bonchev–Trinajstić information content (AvgIpc) is 2.25. The van der Waals surface area contributed by atoms with Crippen molar-refractivity contribution >= 4 is 0 Å². The molecule has 0 saturated heterocycles. The van der Waals surface area contributed by atoms with Crippen LogP contribution in [0, 0.1) is 11.3 Å². The molecule has 1 unspecified atom stereocenters. The lowest BCUT2D eigenvalue weighted by molar-refractivity contribution is 0.122. The van der Waals surface area contributed by atoms with Crippen molar-refractivity contribution in [3.05, 3.63) is 23.8 Å². The van der Waals surface area contributed by atoms with E-state index in [2.05, 4.69) is 0 Å². The summed E-state index contributed by atoms with van der Waals surface area (Å²) in [5.74, 6) is 1.08. The van der Waals surface area contributed by atoms with Gasteiger partial charge in [0.15, 0.2) is 0 Å². The van der Waals surface area contributed by atoms with Crippen LogP contribution in [0.1, 0.15) is 12.5 Å². The number of ether oxygens (including phenoxy) is 2. The number of nitriles is 1. The van der Waals surface area contributed by atoms with Crippen LogP contribution in [0.5, 0.6) is 11.5 Å². The number of aliphatic hydroxyl groups excluding tert-OH is 1. The molecule has 1 atom stereocenters. The van der Waals surface area contributed by atoms with Crippen LogP contribution < -0.4 is 9.47 Å². The van der Waals surface area contributed by atoms with E-state index in [-0.39, 0.29) is 6.61 Å². The average molecular weight is 207 g/mol. The molecule has 1 rings (SSSR count). The van der Waals surface area contributed by atoms with E-state index < -0.39 is 6.10 Å². The molecule has 0 radical (unpaired) electrons. The number of rotatable bonds is 4. The van der Waals surface area contributed by atoms with E-state index in [1.54, 1.807) is 25.1 Å².